The zero-order valence-electron chi connectivity index (χ0n) is 10.6. The molecular weight excluding hydrogens is 312 g/mol. The third kappa shape index (κ3) is 3.18. The van der Waals surface area contributed by atoms with Crippen molar-refractivity contribution in [3.63, 3.8) is 0 Å². The maximum Gasteiger partial charge on any atom is 0.435 e. The largest absolute Gasteiger partial charge is 0.494 e. The molecule has 0 atom stereocenters. The summed E-state index contributed by atoms with van der Waals surface area (Å²) in [6.07, 6.45) is -3.68. The maximum absolute atomic E-state index is 14.1. The number of anilines is 2. The van der Waals surface area contributed by atoms with Crippen LogP contribution in [0.4, 0.5) is 28.9 Å². The van der Waals surface area contributed by atoms with Crippen LogP contribution in [0.25, 0.3) is 0 Å². The smallest absolute Gasteiger partial charge is 0.435 e. The van der Waals surface area contributed by atoms with Crippen LogP contribution in [0.2, 0.25) is 5.02 Å². The molecule has 0 unspecified atom stereocenters. The number of nitrogens with zero attached hydrogens (tertiary/aromatic N) is 1. The first-order chi connectivity index (χ1) is 9.84. The Morgan fingerprint density at radius 2 is 1.95 bits per heavy atom. The number of halogens is 5. The highest BCUT2D eigenvalue weighted by molar-refractivity contribution is 6.33. The minimum Gasteiger partial charge on any atom is -0.494 e. The number of alkyl halides is 3. The number of nitrogens with one attached hydrogen (secondary N) is 1. The van der Waals surface area contributed by atoms with Crippen LogP contribution in [0, 0.1) is 5.82 Å². The van der Waals surface area contributed by atoms with E-state index in [1.807, 2.05) is 0 Å². The average molecular weight is 321 g/mol. The number of hydrogen-bond donors (Lipinski definition) is 1. The summed E-state index contributed by atoms with van der Waals surface area (Å²) >= 11 is 5.82. The van der Waals surface area contributed by atoms with Crippen LogP contribution in [-0.2, 0) is 6.18 Å². The second-order valence-electron chi connectivity index (χ2n) is 3.96. The molecule has 0 amide bonds. The van der Waals surface area contributed by atoms with E-state index in [1.165, 1.54) is 25.3 Å². The molecule has 2 aromatic rings. The highest BCUT2D eigenvalue weighted by atomic mass is 35.5. The van der Waals surface area contributed by atoms with E-state index in [9.17, 15) is 17.6 Å². The number of pyridine rings is 1. The monoisotopic (exact) mass is 320 g/mol. The lowest BCUT2D eigenvalue weighted by molar-refractivity contribution is -0.140. The first-order valence-corrected chi connectivity index (χ1v) is 6.03. The van der Waals surface area contributed by atoms with Gasteiger partial charge in [-0.15, -0.1) is 0 Å². The second-order valence-corrected chi connectivity index (χ2v) is 4.37. The van der Waals surface area contributed by atoms with E-state index in [0.29, 0.717) is 0 Å². The SMILES string of the molecule is COc1ccc(Cl)c(Nc2cccnc2C(F)(F)F)c1F. The molecule has 0 saturated carbocycles. The van der Waals surface area contributed by atoms with Crippen LogP contribution >= 0.6 is 11.6 Å². The minimum absolute atomic E-state index is 0.0784. The number of methoxy groups -OCH3 is 1. The van der Waals surface area contributed by atoms with Gasteiger partial charge in [0.05, 0.1) is 23.5 Å². The van der Waals surface area contributed by atoms with Gasteiger partial charge in [0.1, 0.15) is 0 Å². The number of ether oxygens (including phenoxy) is 1. The number of rotatable bonds is 3. The van der Waals surface area contributed by atoms with Crippen molar-refractivity contribution in [1.29, 1.82) is 0 Å². The molecule has 2 rings (SSSR count). The third-order valence-electron chi connectivity index (χ3n) is 2.61. The summed E-state index contributed by atoms with van der Waals surface area (Å²) in [6, 6.07) is 5.01. The van der Waals surface area contributed by atoms with Crippen molar-refractivity contribution < 1.29 is 22.3 Å². The molecule has 1 aromatic heterocycles. The summed E-state index contributed by atoms with van der Waals surface area (Å²) in [5.74, 6) is -1.03. The lowest BCUT2D eigenvalue weighted by Gasteiger charge is -2.15. The van der Waals surface area contributed by atoms with Crippen molar-refractivity contribution >= 4 is 23.0 Å². The molecule has 0 aliphatic rings. The van der Waals surface area contributed by atoms with Gasteiger partial charge in [-0.25, -0.2) is 9.37 Å². The Labute approximate surface area is 122 Å². The molecule has 0 radical (unpaired) electrons. The summed E-state index contributed by atoms with van der Waals surface area (Å²) in [6.45, 7) is 0. The lowest BCUT2D eigenvalue weighted by atomic mass is 10.2. The van der Waals surface area contributed by atoms with Crippen LogP contribution in [-0.4, -0.2) is 12.1 Å². The number of hydrogen-bond acceptors (Lipinski definition) is 3. The number of benzene rings is 1. The molecule has 0 bridgehead atoms. The first kappa shape index (κ1) is 15.4. The molecule has 0 spiro atoms. The highest BCUT2D eigenvalue weighted by Gasteiger charge is 2.35. The van der Waals surface area contributed by atoms with E-state index in [2.05, 4.69) is 10.3 Å². The zero-order chi connectivity index (χ0) is 15.6. The van der Waals surface area contributed by atoms with Crippen molar-refractivity contribution in [2.75, 3.05) is 12.4 Å². The molecule has 0 saturated heterocycles. The van der Waals surface area contributed by atoms with Crippen LogP contribution < -0.4 is 10.1 Å². The van der Waals surface area contributed by atoms with Crippen LogP contribution in [0.1, 0.15) is 5.69 Å². The Hall–Kier alpha value is -2.02. The van der Waals surface area contributed by atoms with Gasteiger partial charge in [-0.3, -0.25) is 0 Å². The van der Waals surface area contributed by atoms with Crippen LogP contribution in [0.15, 0.2) is 30.5 Å². The standard InChI is InChI=1S/C13H9ClF4N2O/c1-21-9-5-4-7(14)11(10(9)15)20-8-3-2-6-19-12(8)13(16,17)18/h2-6,20H,1H3. The second kappa shape index (κ2) is 5.77. The Balaban J connectivity index is 2.49. The third-order valence-corrected chi connectivity index (χ3v) is 2.93. The zero-order valence-corrected chi connectivity index (χ0v) is 11.4. The van der Waals surface area contributed by atoms with Crippen molar-refractivity contribution in [1.82, 2.24) is 4.98 Å². The van der Waals surface area contributed by atoms with Crippen molar-refractivity contribution in [3.8, 4) is 5.75 Å². The summed E-state index contributed by atoms with van der Waals surface area (Å²) < 4.78 is 57.4. The normalized spacial score (nSPS) is 11.3. The fraction of sp³-hybridized carbons (Fsp3) is 0.154. The van der Waals surface area contributed by atoms with E-state index in [-0.39, 0.29) is 16.5 Å². The Morgan fingerprint density at radius 3 is 2.57 bits per heavy atom. The first-order valence-electron chi connectivity index (χ1n) is 5.66. The van der Waals surface area contributed by atoms with Gasteiger partial charge in [-0.05, 0) is 24.3 Å². The van der Waals surface area contributed by atoms with E-state index in [4.69, 9.17) is 16.3 Å². The van der Waals surface area contributed by atoms with E-state index < -0.39 is 23.4 Å². The van der Waals surface area contributed by atoms with E-state index in [0.717, 1.165) is 12.3 Å². The summed E-state index contributed by atoms with van der Waals surface area (Å²) in [5, 5.41) is 2.24. The molecule has 3 nitrogen and oxygen atoms in total. The molecule has 21 heavy (non-hydrogen) atoms. The van der Waals surface area contributed by atoms with Gasteiger partial charge in [0.2, 0.25) is 0 Å². The molecule has 112 valence electrons. The van der Waals surface area contributed by atoms with Gasteiger partial charge in [-0.2, -0.15) is 13.2 Å². The van der Waals surface area contributed by atoms with Gasteiger partial charge in [0, 0.05) is 6.20 Å². The highest BCUT2D eigenvalue weighted by Crippen LogP contribution is 2.38. The predicted octanol–water partition coefficient (Wildman–Crippen LogP) is 4.65. The quantitative estimate of drug-likeness (QED) is 0.836. The fourth-order valence-electron chi connectivity index (χ4n) is 1.67. The lowest BCUT2D eigenvalue weighted by Crippen LogP contribution is -2.11. The average Bonchev–Trinajstić information content (AvgIpc) is 2.43. The summed E-state index contributed by atoms with van der Waals surface area (Å²) in [4.78, 5) is 3.26. The molecule has 1 N–H and O–H groups in total. The van der Waals surface area contributed by atoms with Gasteiger partial charge in [0.15, 0.2) is 17.3 Å². The predicted molar refractivity (Wildman–Crippen MR) is 70.5 cm³/mol. The molecule has 1 heterocycles. The Morgan fingerprint density at radius 1 is 1.24 bits per heavy atom. The Bertz CT molecular complexity index is 661. The van der Waals surface area contributed by atoms with E-state index >= 15 is 0 Å². The molecule has 0 fully saturated rings. The van der Waals surface area contributed by atoms with Crippen molar-refractivity contribution in [3.05, 3.63) is 47.0 Å². The topological polar surface area (TPSA) is 34.1 Å². The Kier molecular flexibility index (Phi) is 4.22. The van der Waals surface area contributed by atoms with Crippen molar-refractivity contribution in [2.45, 2.75) is 6.18 Å². The summed E-state index contributed by atoms with van der Waals surface area (Å²) in [7, 11) is 1.24. The van der Waals surface area contributed by atoms with Crippen LogP contribution in [0.5, 0.6) is 5.75 Å². The summed E-state index contributed by atoms with van der Waals surface area (Å²) in [5.41, 5.74) is -1.88. The molecule has 8 heteroatoms. The molecular formula is C13H9ClF4N2O. The minimum atomic E-state index is -4.68. The van der Waals surface area contributed by atoms with Gasteiger partial charge >= 0.3 is 6.18 Å². The van der Waals surface area contributed by atoms with Gasteiger partial charge in [-0.1, -0.05) is 11.6 Å². The molecule has 0 aliphatic heterocycles. The van der Waals surface area contributed by atoms with Gasteiger partial charge in [0.25, 0.3) is 0 Å². The van der Waals surface area contributed by atoms with Gasteiger partial charge < -0.3 is 10.1 Å². The van der Waals surface area contributed by atoms with E-state index in [1.54, 1.807) is 0 Å². The van der Waals surface area contributed by atoms with Crippen LogP contribution in [0.3, 0.4) is 0 Å². The maximum atomic E-state index is 14.1. The fourth-order valence-corrected chi connectivity index (χ4v) is 1.87. The molecule has 1 aromatic carbocycles. The molecule has 0 aliphatic carbocycles. The van der Waals surface area contributed by atoms with Crippen molar-refractivity contribution in [2.24, 2.45) is 0 Å². The number of aromatic nitrogens is 1.